The molecule has 0 aromatic heterocycles. The van der Waals surface area contributed by atoms with Crippen LogP contribution in [0, 0.1) is 0 Å². The van der Waals surface area contributed by atoms with Crippen molar-refractivity contribution >= 4 is 45.0 Å². The highest BCUT2D eigenvalue weighted by molar-refractivity contribution is 9.10. The van der Waals surface area contributed by atoms with E-state index in [1.807, 2.05) is 0 Å². The van der Waals surface area contributed by atoms with Gasteiger partial charge in [0.25, 0.3) is 11.5 Å². The van der Waals surface area contributed by atoms with Crippen molar-refractivity contribution in [2.45, 2.75) is 12.2 Å². The van der Waals surface area contributed by atoms with Gasteiger partial charge in [0.15, 0.2) is 0 Å². The number of hydrogen-bond donors (Lipinski definition) is 1. The summed E-state index contributed by atoms with van der Waals surface area (Å²) in [5.41, 5.74) is -1.34. The molecule has 1 aromatic carbocycles. The van der Waals surface area contributed by atoms with E-state index in [0.717, 1.165) is 4.47 Å². The minimum atomic E-state index is -2.03. The summed E-state index contributed by atoms with van der Waals surface area (Å²) in [6.07, 6.45) is 0. The Labute approximate surface area is 105 Å². The first-order chi connectivity index (χ1) is 7.02. The van der Waals surface area contributed by atoms with E-state index >= 15 is 0 Å². The Morgan fingerprint density at radius 2 is 2.27 bits per heavy atom. The normalized spacial score (nSPS) is 12.3. The van der Waals surface area contributed by atoms with Gasteiger partial charge in [0, 0.05) is 11.0 Å². The Kier molecular flexibility index (Phi) is 4.83. The van der Waals surface area contributed by atoms with Gasteiger partial charge in [-0.15, -0.1) is 0 Å². The van der Waals surface area contributed by atoms with E-state index in [-0.39, 0.29) is 6.54 Å². The molecule has 1 amide bonds. The van der Waals surface area contributed by atoms with Crippen LogP contribution in [0.3, 0.4) is 0 Å². The summed E-state index contributed by atoms with van der Waals surface area (Å²) in [4.78, 5) is 10.8. The Bertz CT molecular complexity index is 373. The third-order valence-electron chi connectivity index (χ3n) is 1.68. The number of nitrogens with one attached hydrogen (secondary N) is 1. The standard InChI is InChI=1S/C9H7BrCl2FNO/c10-6-3-1-2-5(7(6)11)4-14-9(15)8(12)13/h1-3,8H,4H2,(H,14,15). The Morgan fingerprint density at radius 1 is 1.60 bits per heavy atom. The quantitative estimate of drug-likeness (QED) is 0.853. The number of rotatable bonds is 3. The Balaban J connectivity index is 2.66. The molecule has 0 aliphatic rings. The number of carbonyl (C=O) groups is 1. The highest BCUT2D eigenvalue weighted by atomic mass is 79.9. The van der Waals surface area contributed by atoms with Crippen LogP contribution in [0.2, 0.25) is 5.02 Å². The summed E-state index contributed by atoms with van der Waals surface area (Å²) in [6.45, 7) is 0.143. The fourth-order valence-electron chi connectivity index (χ4n) is 0.944. The fraction of sp³-hybridized carbons (Fsp3) is 0.222. The lowest BCUT2D eigenvalue weighted by atomic mass is 10.2. The molecular formula is C9H7BrCl2FNO. The van der Waals surface area contributed by atoms with Crippen LogP contribution in [0.4, 0.5) is 4.39 Å². The summed E-state index contributed by atoms with van der Waals surface area (Å²) in [5.74, 6) is -0.868. The van der Waals surface area contributed by atoms with Crippen LogP contribution in [0.5, 0.6) is 0 Å². The van der Waals surface area contributed by atoms with Crippen molar-refractivity contribution in [1.29, 1.82) is 0 Å². The van der Waals surface area contributed by atoms with Gasteiger partial charge in [-0.2, -0.15) is 0 Å². The first kappa shape index (κ1) is 12.7. The molecule has 0 saturated heterocycles. The van der Waals surface area contributed by atoms with Crippen LogP contribution >= 0.6 is 39.1 Å². The number of benzene rings is 1. The van der Waals surface area contributed by atoms with E-state index in [9.17, 15) is 9.18 Å². The summed E-state index contributed by atoms with van der Waals surface area (Å²) in [5, 5.41) is 2.80. The molecular weight excluding hydrogens is 308 g/mol. The van der Waals surface area contributed by atoms with Crippen LogP contribution < -0.4 is 5.32 Å². The molecule has 1 atom stereocenters. The highest BCUT2D eigenvalue weighted by Crippen LogP contribution is 2.25. The van der Waals surface area contributed by atoms with Gasteiger partial charge in [-0.05, 0) is 27.6 Å². The van der Waals surface area contributed by atoms with E-state index in [2.05, 4.69) is 21.2 Å². The molecule has 0 fully saturated rings. The van der Waals surface area contributed by atoms with Crippen molar-refractivity contribution in [1.82, 2.24) is 5.32 Å². The molecule has 0 aliphatic heterocycles. The van der Waals surface area contributed by atoms with E-state index in [4.69, 9.17) is 23.2 Å². The van der Waals surface area contributed by atoms with Crippen molar-refractivity contribution in [3.63, 3.8) is 0 Å². The maximum Gasteiger partial charge on any atom is 0.270 e. The average Bonchev–Trinajstić information content (AvgIpc) is 2.19. The molecule has 0 radical (unpaired) electrons. The molecule has 1 N–H and O–H groups in total. The molecule has 1 rings (SSSR count). The lowest BCUT2D eigenvalue weighted by Gasteiger charge is -2.07. The van der Waals surface area contributed by atoms with E-state index in [1.165, 1.54) is 0 Å². The first-order valence-electron chi connectivity index (χ1n) is 4.01. The molecule has 0 heterocycles. The van der Waals surface area contributed by atoms with Gasteiger partial charge in [0.05, 0.1) is 5.02 Å². The molecule has 0 aliphatic carbocycles. The largest absolute Gasteiger partial charge is 0.348 e. The number of alkyl halides is 2. The SMILES string of the molecule is O=C(NCc1cccc(Br)c1Cl)C(F)Cl. The molecule has 2 nitrogen and oxygen atoms in total. The van der Waals surface area contributed by atoms with E-state index in [1.54, 1.807) is 18.2 Å². The number of amides is 1. The summed E-state index contributed by atoms with van der Waals surface area (Å²) in [6, 6.07) is 5.27. The fourth-order valence-corrected chi connectivity index (χ4v) is 1.62. The minimum Gasteiger partial charge on any atom is -0.348 e. The number of halogens is 4. The molecule has 1 aromatic rings. The average molecular weight is 315 g/mol. The van der Waals surface area contributed by atoms with Crippen LogP contribution in [0.1, 0.15) is 5.56 Å². The van der Waals surface area contributed by atoms with Gasteiger partial charge in [-0.25, -0.2) is 4.39 Å². The van der Waals surface area contributed by atoms with Crippen molar-refractivity contribution in [2.75, 3.05) is 0 Å². The molecule has 0 spiro atoms. The zero-order valence-electron chi connectivity index (χ0n) is 7.44. The smallest absolute Gasteiger partial charge is 0.270 e. The highest BCUT2D eigenvalue weighted by Gasteiger charge is 2.13. The predicted molar refractivity (Wildman–Crippen MR) is 61.7 cm³/mol. The summed E-state index contributed by atoms with van der Waals surface area (Å²) in [7, 11) is 0. The second kappa shape index (κ2) is 5.68. The van der Waals surface area contributed by atoms with Gasteiger partial charge in [-0.3, -0.25) is 4.79 Å². The van der Waals surface area contributed by atoms with Gasteiger partial charge >= 0.3 is 0 Å². The molecule has 0 saturated carbocycles. The van der Waals surface area contributed by atoms with Gasteiger partial charge in [0.2, 0.25) is 0 Å². The lowest BCUT2D eigenvalue weighted by Crippen LogP contribution is -2.28. The van der Waals surface area contributed by atoms with E-state index in [0.29, 0.717) is 10.6 Å². The lowest BCUT2D eigenvalue weighted by molar-refractivity contribution is -0.123. The van der Waals surface area contributed by atoms with Gasteiger partial charge in [-0.1, -0.05) is 35.3 Å². The maximum absolute atomic E-state index is 12.3. The zero-order valence-corrected chi connectivity index (χ0v) is 10.5. The maximum atomic E-state index is 12.3. The topological polar surface area (TPSA) is 29.1 Å². The predicted octanol–water partition coefficient (Wildman–Crippen LogP) is 3.25. The number of carbonyl (C=O) groups excluding carboxylic acids is 1. The van der Waals surface area contributed by atoms with Crippen LogP contribution in [0.15, 0.2) is 22.7 Å². The minimum absolute atomic E-state index is 0.143. The molecule has 6 heteroatoms. The monoisotopic (exact) mass is 313 g/mol. The molecule has 15 heavy (non-hydrogen) atoms. The van der Waals surface area contributed by atoms with Crippen LogP contribution in [0.25, 0.3) is 0 Å². The summed E-state index contributed by atoms with van der Waals surface area (Å²) >= 11 is 14.1. The van der Waals surface area contributed by atoms with Crippen molar-refractivity contribution in [3.05, 3.63) is 33.3 Å². The third kappa shape index (κ3) is 3.63. The second-order valence-electron chi connectivity index (χ2n) is 2.73. The summed E-state index contributed by atoms with van der Waals surface area (Å²) < 4.78 is 13.0. The third-order valence-corrected chi connectivity index (χ3v) is 3.22. The molecule has 0 bridgehead atoms. The van der Waals surface area contributed by atoms with Gasteiger partial charge < -0.3 is 5.32 Å². The van der Waals surface area contributed by atoms with Crippen molar-refractivity contribution < 1.29 is 9.18 Å². The van der Waals surface area contributed by atoms with Crippen molar-refractivity contribution in [3.8, 4) is 0 Å². The Hall–Kier alpha value is -0.320. The Morgan fingerprint density at radius 3 is 2.87 bits per heavy atom. The molecule has 82 valence electrons. The van der Waals surface area contributed by atoms with Gasteiger partial charge in [0.1, 0.15) is 0 Å². The second-order valence-corrected chi connectivity index (χ2v) is 4.35. The van der Waals surface area contributed by atoms with Crippen molar-refractivity contribution in [2.24, 2.45) is 0 Å². The molecule has 1 unspecified atom stereocenters. The van der Waals surface area contributed by atoms with E-state index < -0.39 is 11.5 Å². The van der Waals surface area contributed by atoms with Crippen LogP contribution in [-0.4, -0.2) is 11.5 Å². The van der Waals surface area contributed by atoms with Crippen LogP contribution in [-0.2, 0) is 11.3 Å². The number of hydrogen-bond acceptors (Lipinski definition) is 1. The first-order valence-corrected chi connectivity index (χ1v) is 5.62. The zero-order chi connectivity index (χ0) is 11.4.